The van der Waals surface area contributed by atoms with Crippen molar-refractivity contribution in [2.45, 2.75) is 129 Å². The standard InChI is InChI=1S/C24H52N/c1-5-7-9-11-13-14-15-16-18-20-22-24-25(3,4)23-21-19-17-12-10-8-6-2/h5-24H2,1-4H3/q+1. The molecule has 0 aliphatic rings. The van der Waals surface area contributed by atoms with E-state index in [0.29, 0.717) is 0 Å². The summed E-state index contributed by atoms with van der Waals surface area (Å²) in [6.07, 6.45) is 26.0. The van der Waals surface area contributed by atoms with Gasteiger partial charge in [-0.25, -0.2) is 0 Å². The van der Waals surface area contributed by atoms with Crippen molar-refractivity contribution in [1.82, 2.24) is 0 Å². The molecular weight excluding hydrogens is 302 g/mol. The van der Waals surface area contributed by atoms with Gasteiger partial charge in [-0.15, -0.1) is 0 Å². The minimum Gasteiger partial charge on any atom is -0.328 e. The highest BCUT2D eigenvalue weighted by Crippen LogP contribution is 2.13. The third kappa shape index (κ3) is 20.1. The van der Waals surface area contributed by atoms with Gasteiger partial charge in [-0.3, -0.25) is 0 Å². The predicted octanol–water partition coefficient (Wildman–Crippen LogP) is 8.12. The van der Waals surface area contributed by atoms with Crippen molar-refractivity contribution >= 4 is 0 Å². The van der Waals surface area contributed by atoms with E-state index in [9.17, 15) is 0 Å². The lowest BCUT2D eigenvalue weighted by Gasteiger charge is -2.30. The van der Waals surface area contributed by atoms with Crippen LogP contribution in [0.25, 0.3) is 0 Å². The lowest BCUT2D eigenvalue weighted by molar-refractivity contribution is -0.890. The maximum absolute atomic E-state index is 2.44. The average Bonchev–Trinajstić information content (AvgIpc) is 2.59. The number of hydrogen-bond acceptors (Lipinski definition) is 0. The Hall–Kier alpha value is -0.0400. The molecule has 0 fully saturated rings. The fourth-order valence-corrected chi connectivity index (χ4v) is 3.81. The van der Waals surface area contributed by atoms with E-state index in [-0.39, 0.29) is 0 Å². The van der Waals surface area contributed by atoms with Crippen molar-refractivity contribution < 1.29 is 4.48 Å². The Morgan fingerprint density at radius 1 is 0.360 bits per heavy atom. The Labute approximate surface area is 161 Å². The second-order valence-electron chi connectivity index (χ2n) is 9.04. The molecule has 1 nitrogen and oxygen atoms in total. The van der Waals surface area contributed by atoms with E-state index in [4.69, 9.17) is 0 Å². The topological polar surface area (TPSA) is 0 Å². The van der Waals surface area contributed by atoms with Crippen LogP contribution < -0.4 is 0 Å². The largest absolute Gasteiger partial charge is 0.328 e. The summed E-state index contributed by atoms with van der Waals surface area (Å²) >= 11 is 0. The monoisotopic (exact) mass is 354 g/mol. The maximum atomic E-state index is 2.44. The van der Waals surface area contributed by atoms with Gasteiger partial charge in [0.05, 0.1) is 27.2 Å². The quantitative estimate of drug-likeness (QED) is 0.153. The predicted molar refractivity (Wildman–Crippen MR) is 116 cm³/mol. The van der Waals surface area contributed by atoms with Gasteiger partial charge in [0, 0.05) is 0 Å². The number of hydrogen-bond donors (Lipinski definition) is 0. The van der Waals surface area contributed by atoms with E-state index in [1.165, 1.54) is 133 Å². The minimum absolute atomic E-state index is 1.24. The molecule has 0 radical (unpaired) electrons. The van der Waals surface area contributed by atoms with Crippen molar-refractivity contribution in [1.29, 1.82) is 0 Å². The molecule has 0 aromatic rings. The molecule has 0 aromatic carbocycles. The lowest BCUT2D eigenvalue weighted by Crippen LogP contribution is -2.41. The molecule has 0 aliphatic heterocycles. The van der Waals surface area contributed by atoms with Gasteiger partial charge in [0.2, 0.25) is 0 Å². The zero-order chi connectivity index (χ0) is 18.6. The lowest BCUT2D eigenvalue weighted by atomic mass is 10.1. The van der Waals surface area contributed by atoms with Crippen molar-refractivity contribution in [2.24, 2.45) is 0 Å². The third-order valence-electron chi connectivity index (χ3n) is 5.73. The van der Waals surface area contributed by atoms with Crippen LogP contribution in [0.2, 0.25) is 0 Å². The normalized spacial score (nSPS) is 12.0. The summed E-state index contributed by atoms with van der Waals surface area (Å²) in [7, 11) is 4.88. The molecule has 0 atom stereocenters. The minimum atomic E-state index is 1.24. The molecule has 0 unspecified atom stereocenters. The molecule has 0 N–H and O–H groups in total. The first-order valence-electron chi connectivity index (χ1n) is 11.9. The van der Waals surface area contributed by atoms with E-state index in [2.05, 4.69) is 27.9 Å². The Morgan fingerprint density at radius 2 is 0.600 bits per heavy atom. The highest BCUT2D eigenvalue weighted by Gasteiger charge is 2.13. The van der Waals surface area contributed by atoms with E-state index in [1.54, 1.807) is 0 Å². The molecule has 0 aromatic heterocycles. The van der Waals surface area contributed by atoms with E-state index in [0.717, 1.165) is 0 Å². The zero-order valence-electron chi connectivity index (χ0n) is 18.6. The molecule has 0 rings (SSSR count). The van der Waals surface area contributed by atoms with Crippen LogP contribution in [-0.2, 0) is 0 Å². The van der Waals surface area contributed by atoms with Gasteiger partial charge >= 0.3 is 0 Å². The van der Waals surface area contributed by atoms with Crippen molar-refractivity contribution in [2.75, 3.05) is 27.2 Å². The van der Waals surface area contributed by atoms with Crippen LogP contribution in [-0.4, -0.2) is 31.7 Å². The number of nitrogens with zero attached hydrogens (tertiary/aromatic N) is 1. The fourth-order valence-electron chi connectivity index (χ4n) is 3.81. The summed E-state index contributed by atoms with van der Waals surface area (Å²) in [5, 5.41) is 0. The first kappa shape index (κ1) is 25.0. The Balaban J connectivity index is 3.30. The van der Waals surface area contributed by atoms with Crippen molar-refractivity contribution in [3.05, 3.63) is 0 Å². The van der Waals surface area contributed by atoms with Crippen molar-refractivity contribution in [3.8, 4) is 0 Å². The van der Waals surface area contributed by atoms with Gasteiger partial charge in [0.15, 0.2) is 0 Å². The summed E-state index contributed by atoms with van der Waals surface area (Å²) in [6, 6.07) is 0. The van der Waals surface area contributed by atoms with Gasteiger partial charge in [-0.05, 0) is 25.7 Å². The number of quaternary nitrogens is 1. The number of rotatable bonds is 20. The molecule has 0 bridgehead atoms. The molecule has 0 saturated carbocycles. The van der Waals surface area contributed by atoms with Crippen LogP contribution in [0.5, 0.6) is 0 Å². The molecule has 0 heterocycles. The van der Waals surface area contributed by atoms with Crippen LogP contribution in [0.15, 0.2) is 0 Å². The molecule has 0 saturated heterocycles. The van der Waals surface area contributed by atoms with Crippen LogP contribution in [0.1, 0.15) is 129 Å². The SMILES string of the molecule is CCCCCCCCCCCCC[N+](C)(C)CCCCCCCCC. The Morgan fingerprint density at radius 3 is 0.880 bits per heavy atom. The fraction of sp³-hybridized carbons (Fsp3) is 1.00. The third-order valence-corrected chi connectivity index (χ3v) is 5.73. The van der Waals surface area contributed by atoms with Crippen molar-refractivity contribution in [3.63, 3.8) is 0 Å². The average molecular weight is 355 g/mol. The highest BCUT2D eigenvalue weighted by molar-refractivity contribution is 4.49. The molecule has 0 spiro atoms. The molecule has 0 amide bonds. The zero-order valence-corrected chi connectivity index (χ0v) is 18.6. The summed E-state index contributed by atoms with van der Waals surface area (Å²) in [4.78, 5) is 0. The van der Waals surface area contributed by atoms with Gasteiger partial charge in [0.1, 0.15) is 0 Å². The summed E-state index contributed by atoms with van der Waals surface area (Å²) < 4.78 is 1.24. The summed E-state index contributed by atoms with van der Waals surface area (Å²) in [5.41, 5.74) is 0. The van der Waals surface area contributed by atoms with Gasteiger partial charge in [-0.1, -0.05) is 104 Å². The second-order valence-corrected chi connectivity index (χ2v) is 9.04. The molecule has 25 heavy (non-hydrogen) atoms. The molecule has 1 heteroatoms. The van der Waals surface area contributed by atoms with Gasteiger partial charge in [-0.2, -0.15) is 0 Å². The number of unbranched alkanes of at least 4 members (excludes halogenated alkanes) is 16. The molecule has 152 valence electrons. The molecule has 0 aliphatic carbocycles. The van der Waals surface area contributed by atoms with Gasteiger partial charge in [0.25, 0.3) is 0 Å². The first-order valence-corrected chi connectivity index (χ1v) is 11.9. The Kier molecular flexibility index (Phi) is 18.7. The van der Waals surface area contributed by atoms with E-state index < -0.39 is 0 Å². The summed E-state index contributed by atoms with van der Waals surface area (Å²) in [6.45, 7) is 7.36. The van der Waals surface area contributed by atoms with Gasteiger partial charge < -0.3 is 4.48 Å². The van der Waals surface area contributed by atoms with Crippen LogP contribution >= 0.6 is 0 Å². The van der Waals surface area contributed by atoms with E-state index >= 15 is 0 Å². The summed E-state index contributed by atoms with van der Waals surface area (Å²) in [5.74, 6) is 0. The Bertz CT molecular complexity index is 246. The first-order chi connectivity index (χ1) is 12.1. The van der Waals surface area contributed by atoms with E-state index in [1.807, 2.05) is 0 Å². The maximum Gasteiger partial charge on any atom is 0.0782 e. The smallest absolute Gasteiger partial charge is 0.0782 e. The molecular formula is C24H52N+. The van der Waals surface area contributed by atoms with Crippen LogP contribution in [0.3, 0.4) is 0 Å². The van der Waals surface area contributed by atoms with Crippen LogP contribution in [0.4, 0.5) is 0 Å². The second kappa shape index (κ2) is 18.7. The highest BCUT2D eigenvalue weighted by atomic mass is 15.3. The van der Waals surface area contributed by atoms with Crippen LogP contribution in [0, 0.1) is 0 Å².